The quantitative estimate of drug-likeness (QED) is 0.706. The molecule has 3 heteroatoms. The number of hydrogen-bond acceptors (Lipinski definition) is 2. The van der Waals surface area contributed by atoms with Gasteiger partial charge in [-0.05, 0) is 24.6 Å². The molecule has 2 heterocycles. The summed E-state index contributed by atoms with van der Waals surface area (Å²) in [5, 5.41) is 4.59. The minimum Gasteiger partial charge on any atom is -0.346 e. The van der Waals surface area contributed by atoms with Gasteiger partial charge in [0.15, 0.2) is 0 Å². The zero-order chi connectivity index (χ0) is 14.2. The van der Waals surface area contributed by atoms with Crippen molar-refractivity contribution in [3.63, 3.8) is 0 Å². The summed E-state index contributed by atoms with van der Waals surface area (Å²) in [6.07, 6.45) is 2.01. The number of benzene rings is 2. The first kappa shape index (κ1) is 12.2. The van der Waals surface area contributed by atoms with Crippen LogP contribution in [0, 0.1) is 0 Å². The van der Waals surface area contributed by atoms with E-state index in [1.54, 1.807) is 0 Å². The van der Waals surface area contributed by atoms with E-state index < -0.39 is 0 Å². The Kier molecular flexibility index (Phi) is 2.78. The Hall–Kier alpha value is -2.55. The van der Waals surface area contributed by atoms with Crippen molar-refractivity contribution in [2.24, 2.45) is 0 Å². The Morgan fingerprint density at radius 1 is 0.952 bits per heavy atom. The van der Waals surface area contributed by atoms with Gasteiger partial charge >= 0.3 is 0 Å². The summed E-state index contributed by atoms with van der Waals surface area (Å²) in [5.74, 6) is 0. The highest BCUT2D eigenvalue weighted by Crippen LogP contribution is 2.41. The van der Waals surface area contributed by atoms with Crippen LogP contribution in [-0.4, -0.2) is 16.3 Å². The highest BCUT2D eigenvalue weighted by molar-refractivity contribution is 5.79. The van der Waals surface area contributed by atoms with Gasteiger partial charge in [0.1, 0.15) is 6.17 Å². The summed E-state index contributed by atoms with van der Waals surface area (Å²) in [5.41, 5.74) is 4.98. The molecule has 1 aliphatic heterocycles. The summed E-state index contributed by atoms with van der Waals surface area (Å²) in [6, 6.07) is 21.3. The van der Waals surface area contributed by atoms with Gasteiger partial charge in [-0.25, -0.2) is 4.68 Å². The lowest BCUT2D eigenvalue weighted by Gasteiger charge is -2.39. The summed E-state index contributed by atoms with van der Waals surface area (Å²) in [6.45, 7) is 3.14. The molecule has 3 nitrogen and oxygen atoms in total. The van der Waals surface area contributed by atoms with Crippen molar-refractivity contribution < 1.29 is 0 Å². The fourth-order valence-electron chi connectivity index (χ4n) is 3.22. The number of hydrogen-bond donors (Lipinski definition) is 0. The average molecular weight is 275 g/mol. The lowest BCUT2D eigenvalue weighted by atomic mass is 10.0. The lowest BCUT2D eigenvalue weighted by Crippen LogP contribution is -2.37. The van der Waals surface area contributed by atoms with E-state index in [1.165, 1.54) is 22.5 Å². The second-order valence-corrected chi connectivity index (χ2v) is 5.25. The van der Waals surface area contributed by atoms with E-state index in [0.29, 0.717) is 0 Å². The molecule has 4 rings (SSSR count). The highest BCUT2D eigenvalue weighted by Gasteiger charge is 2.31. The molecule has 0 fully saturated rings. The lowest BCUT2D eigenvalue weighted by molar-refractivity contribution is 0.493. The van der Waals surface area contributed by atoms with Gasteiger partial charge in [-0.15, -0.1) is 0 Å². The van der Waals surface area contributed by atoms with Gasteiger partial charge in [0.05, 0.1) is 5.69 Å². The van der Waals surface area contributed by atoms with E-state index in [0.717, 1.165) is 6.54 Å². The average Bonchev–Trinajstić information content (AvgIpc) is 3.04. The van der Waals surface area contributed by atoms with Crippen LogP contribution >= 0.6 is 0 Å². The Morgan fingerprint density at radius 3 is 2.52 bits per heavy atom. The SMILES string of the molecule is CCN1c2ccccc2-c2ccnn2C1c1ccccc1. The Bertz CT molecular complexity index is 761. The summed E-state index contributed by atoms with van der Waals surface area (Å²) >= 11 is 0. The molecular weight excluding hydrogens is 258 g/mol. The van der Waals surface area contributed by atoms with Gasteiger partial charge in [0.2, 0.25) is 0 Å². The van der Waals surface area contributed by atoms with Gasteiger partial charge in [0.25, 0.3) is 0 Å². The van der Waals surface area contributed by atoms with Gasteiger partial charge in [-0.3, -0.25) is 0 Å². The van der Waals surface area contributed by atoms with Crippen molar-refractivity contribution in [1.29, 1.82) is 0 Å². The van der Waals surface area contributed by atoms with Crippen LogP contribution in [0.15, 0.2) is 66.9 Å². The first-order valence-corrected chi connectivity index (χ1v) is 7.34. The maximum atomic E-state index is 4.59. The number of anilines is 1. The van der Waals surface area contributed by atoms with E-state index in [4.69, 9.17) is 0 Å². The molecule has 21 heavy (non-hydrogen) atoms. The van der Waals surface area contributed by atoms with Crippen molar-refractivity contribution in [3.8, 4) is 11.3 Å². The zero-order valence-electron chi connectivity index (χ0n) is 12.0. The molecule has 0 spiro atoms. The smallest absolute Gasteiger partial charge is 0.149 e. The largest absolute Gasteiger partial charge is 0.346 e. The van der Waals surface area contributed by atoms with Gasteiger partial charge in [-0.1, -0.05) is 48.5 Å². The summed E-state index contributed by atoms with van der Waals surface area (Å²) < 4.78 is 2.13. The molecule has 3 aromatic rings. The van der Waals surface area contributed by atoms with E-state index >= 15 is 0 Å². The summed E-state index contributed by atoms with van der Waals surface area (Å²) in [4.78, 5) is 2.41. The number of fused-ring (bicyclic) bond motifs is 3. The molecule has 0 saturated carbocycles. The number of rotatable bonds is 2. The van der Waals surface area contributed by atoms with Crippen LogP contribution in [0.1, 0.15) is 18.7 Å². The Morgan fingerprint density at radius 2 is 1.71 bits per heavy atom. The maximum absolute atomic E-state index is 4.59. The highest BCUT2D eigenvalue weighted by atomic mass is 15.4. The Balaban J connectivity index is 1.97. The van der Waals surface area contributed by atoms with Crippen LogP contribution in [0.3, 0.4) is 0 Å². The monoisotopic (exact) mass is 275 g/mol. The maximum Gasteiger partial charge on any atom is 0.149 e. The number of nitrogens with zero attached hydrogens (tertiary/aromatic N) is 3. The van der Waals surface area contributed by atoms with E-state index in [9.17, 15) is 0 Å². The van der Waals surface area contributed by atoms with Gasteiger partial charge in [-0.2, -0.15) is 5.10 Å². The molecule has 104 valence electrons. The van der Waals surface area contributed by atoms with Crippen LogP contribution in [0.4, 0.5) is 5.69 Å². The molecular formula is C18H17N3. The van der Waals surface area contributed by atoms with Gasteiger partial charge < -0.3 is 4.90 Å². The van der Waals surface area contributed by atoms with Crippen molar-refractivity contribution in [2.45, 2.75) is 13.1 Å². The standard InChI is InChI=1S/C18H17N3/c1-2-20-16-11-7-6-10-15(16)17-12-13-19-21(17)18(20)14-8-4-3-5-9-14/h3-13,18H,2H2,1H3. The normalized spacial score (nSPS) is 16.4. The molecule has 1 atom stereocenters. The molecule has 1 aliphatic rings. The van der Waals surface area contributed by atoms with Crippen molar-refractivity contribution in [3.05, 3.63) is 72.4 Å². The van der Waals surface area contributed by atoms with Crippen LogP contribution in [0.2, 0.25) is 0 Å². The van der Waals surface area contributed by atoms with Crippen molar-refractivity contribution >= 4 is 5.69 Å². The topological polar surface area (TPSA) is 21.1 Å². The fourth-order valence-corrected chi connectivity index (χ4v) is 3.22. The predicted octanol–water partition coefficient (Wildman–Crippen LogP) is 3.94. The molecule has 0 bridgehead atoms. The third-order valence-corrected chi connectivity index (χ3v) is 4.13. The minimum absolute atomic E-state index is 0.121. The van der Waals surface area contributed by atoms with Crippen LogP contribution in [0.25, 0.3) is 11.3 Å². The van der Waals surface area contributed by atoms with Gasteiger partial charge in [0, 0.05) is 24.0 Å². The second kappa shape index (κ2) is 4.77. The van der Waals surface area contributed by atoms with Crippen molar-refractivity contribution in [2.75, 3.05) is 11.4 Å². The molecule has 1 aromatic heterocycles. The molecule has 2 aromatic carbocycles. The molecule has 0 aliphatic carbocycles. The third-order valence-electron chi connectivity index (χ3n) is 4.13. The van der Waals surface area contributed by atoms with Crippen LogP contribution in [0.5, 0.6) is 0 Å². The van der Waals surface area contributed by atoms with E-state index in [1.807, 2.05) is 6.20 Å². The number of aromatic nitrogens is 2. The van der Waals surface area contributed by atoms with E-state index in [2.05, 4.69) is 82.3 Å². The third kappa shape index (κ3) is 1.77. The van der Waals surface area contributed by atoms with E-state index in [-0.39, 0.29) is 6.17 Å². The van der Waals surface area contributed by atoms with Crippen molar-refractivity contribution in [1.82, 2.24) is 9.78 Å². The Labute approximate surface area is 124 Å². The molecule has 0 saturated heterocycles. The second-order valence-electron chi connectivity index (χ2n) is 5.25. The molecule has 1 unspecified atom stereocenters. The van der Waals surface area contributed by atoms with Crippen LogP contribution in [-0.2, 0) is 0 Å². The first-order valence-electron chi connectivity index (χ1n) is 7.34. The minimum atomic E-state index is 0.121. The molecule has 0 amide bonds. The number of para-hydroxylation sites is 1. The first-order chi connectivity index (χ1) is 10.4. The fraction of sp³-hybridized carbons (Fsp3) is 0.167. The predicted molar refractivity (Wildman–Crippen MR) is 85.3 cm³/mol. The molecule has 0 N–H and O–H groups in total. The molecule has 0 radical (unpaired) electrons. The van der Waals surface area contributed by atoms with Crippen LogP contribution < -0.4 is 4.90 Å². The summed E-state index contributed by atoms with van der Waals surface area (Å²) in [7, 11) is 0. The zero-order valence-corrected chi connectivity index (χ0v) is 12.0.